The number of nitrogens with zero attached hydrogens (tertiary/aromatic N) is 7. The Balaban J connectivity index is 2.22. The summed E-state index contributed by atoms with van der Waals surface area (Å²) in [5, 5.41) is 17.5. The molecule has 0 atom stereocenters. The first-order valence-corrected chi connectivity index (χ1v) is 6.91. The quantitative estimate of drug-likeness (QED) is 0.524. The van der Waals surface area contributed by atoms with Crippen molar-refractivity contribution in [1.82, 2.24) is 28.9 Å². The fourth-order valence-electron chi connectivity index (χ4n) is 2.85. The number of aryl methyl sites for hydroxylation is 2. The van der Waals surface area contributed by atoms with Gasteiger partial charge in [-0.25, -0.2) is 4.98 Å². The predicted molar refractivity (Wildman–Crippen MR) is 82.7 cm³/mol. The molecule has 1 aromatic carbocycles. The summed E-state index contributed by atoms with van der Waals surface area (Å²) < 4.78 is 4.47. The fraction of sp³-hybridized carbons (Fsp3) is 0.133. The number of aromatic nitrogens is 6. The zero-order valence-corrected chi connectivity index (χ0v) is 12.4. The van der Waals surface area contributed by atoms with Crippen LogP contribution in [0, 0.1) is 18.4 Å². The molecule has 23 heavy (non-hydrogen) atoms. The van der Waals surface area contributed by atoms with E-state index in [2.05, 4.69) is 15.3 Å². The van der Waals surface area contributed by atoms with E-state index in [4.69, 9.17) is 0 Å². The number of hydrogen-bond acceptors (Lipinski definition) is 5. The van der Waals surface area contributed by atoms with Crippen LogP contribution in [0.5, 0.6) is 0 Å². The topological polar surface area (TPSA) is 93.8 Å². The predicted octanol–water partition coefficient (Wildman–Crippen LogP) is 1.08. The van der Waals surface area contributed by atoms with Gasteiger partial charge < -0.3 is 0 Å². The van der Waals surface area contributed by atoms with Crippen molar-refractivity contribution < 1.29 is 0 Å². The average molecular weight is 305 g/mol. The van der Waals surface area contributed by atoms with E-state index in [1.54, 1.807) is 26.4 Å². The number of para-hydroxylation sites is 1. The number of nitriles is 1. The van der Waals surface area contributed by atoms with Gasteiger partial charge in [0.05, 0.1) is 16.6 Å². The molecule has 3 heterocycles. The minimum absolute atomic E-state index is 0.122. The van der Waals surface area contributed by atoms with Crippen molar-refractivity contribution in [1.29, 1.82) is 5.26 Å². The number of benzene rings is 1. The first kappa shape index (κ1) is 13.2. The van der Waals surface area contributed by atoms with Gasteiger partial charge in [0.25, 0.3) is 5.56 Å². The van der Waals surface area contributed by atoms with E-state index in [9.17, 15) is 10.1 Å². The summed E-state index contributed by atoms with van der Waals surface area (Å²) >= 11 is 0. The van der Waals surface area contributed by atoms with Crippen LogP contribution in [-0.4, -0.2) is 28.9 Å². The Morgan fingerprint density at radius 2 is 2.04 bits per heavy atom. The zero-order valence-electron chi connectivity index (χ0n) is 12.4. The van der Waals surface area contributed by atoms with Gasteiger partial charge >= 0.3 is 0 Å². The molecule has 0 fully saturated rings. The first-order valence-electron chi connectivity index (χ1n) is 6.91. The van der Waals surface area contributed by atoms with Crippen LogP contribution in [0.2, 0.25) is 0 Å². The Kier molecular flexibility index (Phi) is 2.59. The van der Waals surface area contributed by atoms with Gasteiger partial charge in [-0.1, -0.05) is 17.3 Å². The lowest BCUT2D eigenvalue weighted by Gasteiger charge is -2.08. The number of imidazole rings is 1. The van der Waals surface area contributed by atoms with Crippen LogP contribution in [0.15, 0.2) is 35.4 Å². The molecule has 0 amide bonds. The van der Waals surface area contributed by atoms with Crippen molar-refractivity contribution in [2.45, 2.75) is 6.92 Å². The molecule has 0 saturated carbocycles. The van der Waals surface area contributed by atoms with Crippen molar-refractivity contribution in [3.8, 4) is 17.6 Å². The van der Waals surface area contributed by atoms with Gasteiger partial charge in [0.15, 0.2) is 0 Å². The molecule has 0 bridgehead atoms. The molecule has 4 aromatic rings. The maximum atomic E-state index is 12.6. The third kappa shape index (κ3) is 1.64. The van der Waals surface area contributed by atoms with Crippen molar-refractivity contribution in [3.63, 3.8) is 0 Å². The normalized spacial score (nSPS) is 11.2. The van der Waals surface area contributed by atoms with Crippen LogP contribution in [0.1, 0.15) is 5.69 Å². The summed E-state index contributed by atoms with van der Waals surface area (Å²) in [6.07, 6.45) is 3.59. The molecule has 0 aliphatic carbocycles. The molecule has 0 spiro atoms. The van der Waals surface area contributed by atoms with Gasteiger partial charge in [0, 0.05) is 7.05 Å². The maximum absolute atomic E-state index is 12.6. The maximum Gasteiger partial charge on any atom is 0.261 e. The molecule has 4 rings (SSSR count). The Bertz CT molecular complexity index is 1170. The SMILES string of the molecule is Cc1nnn(C#N)c1-c1ncn2c3ccccc3c(=O)n(C)c12. The molecule has 112 valence electrons. The van der Waals surface area contributed by atoms with Gasteiger partial charge in [-0.15, -0.1) is 9.78 Å². The van der Waals surface area contributed by atoms with Gasteiger partial charge in [0.2, 0.25) is 6.19 Å². The van der Waals surface area contributed by atoms with E-state index < -0.39 is 0 Å². The number of rotatable bonds is 1. The molecule has 0 aliphatic rings. The Hall–Kier alpha value is -3.47. The van der Waals surface area contributed by atoms with Gasteiger partial charge in [-0.3, -0.25) is 13.8 Å². The lowest BCUT2D eigenvalue weighted by Crippen LogP contribution is -2.19. The van der Waals surface area contributed by atoms with E-state index in [1.165, 1.54) is 4.57 Å². The molecular weight excluding hydrogens is 294 g/mol. The van der Waals surface area contributed by atoms with E-state index in [-0.39, 0.29) is 5.56 Å². The van der Waals surface area contributed by atoms with Crippen LogP contribution in [0.25, 0.3) is 27.9 Å². The largest absolute Gasteiger partial charge is 0.295 e. The summed E-state index contributed by atoms with van der Waals surface area (Å²) in [5.41, 5.74) is 2.80. The number of hydrogen-bond donors (Lipinski definition) is 0. The molecule has 0 unspecified atom stereocenters. The second-order valence-electron chi connectivity index (χ2n) is 5.20. The molecule has 8 heteroatoms. The summed E-state index contributed by atoms with van der Waals surface area (Å²) in [6.45, 7) is 1.75. The minimum Gasteiger partial charge on any atom is -0.295 e. The smallest absolute Gasteiger partial charge is 0.261 e. The highest BCUT2D eigenvalue weighted by Crippen LogP contribution is 2.25. The molecule has 3 aromatic heterocycles. The number of fused-ring (bicyclic) bond motifs is 3. The molecule has 0 N–H and O–H groups in total. The highest BCUT2D eigenvalue weighted by molar-refractivity contribution is 5.85. The lowest BCUT2D eigenvalue weighted by atomic mass is 10.2. The Morgan fingerprint density at radius 1 is 1.26 bits per heavy atom. The van der Waals surface area contributed by atoms with Crippen molar-refractivity contribution in [2.24, 2.45) is 7.05 Å². The summed E-state index contributed by atoms with van der Waals surface area (Å²) in [6, 6.07) is 7.34. The highest BCUT2D eigenvalue weighted by atomic mass is 16.1. The van der Waals surface area contributed by atoms with E-state index in [0.717, 1.165) is 10.2 Å². The van der Waals surface area contributed by atoms with Crippen molar-refractivity contribution >= 4 is 16.6 Å². The molecule has 0 saturated heterocycles. The summed E-state index contributed by atoms with van der Waals surface area (Å²) in [7, 11) is 1.69. The third-order valence-corrected chi connectivity index (χ3v) is 3.92. The standard InChI is InChI=1S/C15H11N7O/c1-9-13(22(7-16)19-18-9)12-14-20(2)15(23)10-5-3-4-6-11(10)21(14)8-17-12/h3-6,8H,1-2H3. The van der Waals surface area contributed by atoms with Crippen LogP contribution in [0.3, 0.4) is 0 Å². The average Bonchev–Trinajstić information content (AvgIpc) is 3.15. The van der Waals surface area contributed by atoms with Gasteiger partial charge in [-0.05, 0) is 19.1 Å². The van der Waals surface area contributed by atoms with Crippen LogP contribution < -0.4 is 5.56 Å². The summed E-state index contributed by atoms with van der Waals surface area (Å²) in [4.78, 5) is 17.0. The molecular formula is C15H11N7O. The second kappa shape index (κ2) is 4.51. The van der Waals surface area contributed by atoms with Gasteiger partial charge in [0.1, 0.15) is 23.4 Å². The second-order valence-corrected chi connectivity index (χ2v) is 5.20. The van der Waals surface area contributed by atoms with E-state index in [0.29, 0.717) is 28.1 Å². The minimum atomic E-state index is -0.122. The summed E-state index contributed by atoms with van der Waals surface area (Å²) in [5.74, 6) is 0. The van der Waals surface area contributed by atoms with Crippen LogP contribution >= 0.6 is 0 Å². The Morgan fingerprint density at radius 3 is 2.83 bits per heavy atom. The monoisotopic (exact) mass is 305 g/mol. The van der Waals surface area contributed by atoms with Crippen molar-refractivity contribution in [3.05, 3.63) is 46.6 Å². The third-order valence-electron chi connectivity index (χ3n) is 3.92. The van der Waals surface area contributed by atoms with Crippen LogP contribution in [0.4, 0.5) is 0 Å². The molecule has 8 nitrogen and oxygen atoms in total. The van der Waals surface area contributed by atoms with Crippen LogP contribution in [-0.2, 0) is 7.05 Å². The van der Waals surface area contributed by atoms with Crippen molar-refractivity contribution in [2.75, 3.05) is 0 Å². The molecule has 0 radical (unpaired) electrons. The lowest BCUT2D eigenvalue weighted by molar-refractivity contribution is 0.815. The van der Waals surface area contributed by atoms with E-state index in [1.807, 2.05) is 28.8 Å². The van der Waals surface area contributed by atoms with Gasteiger partial charge in [-0.2, -0.15) is 5.26 Å². The first-order chi connectivity index (χ1) is 11.1. The zero-order chi connectivity index (χ0) is 16.1. The fourth-order valence-corrected chi connectivity index (χ4v) is 2.85. The van der Waals surface area contributed by atoms with E-state index >= 15 is 0 Å². The Labute approximate surface area is 129 Å². The highest BCUT2D eigenvalue weighted by Gasteiger charge is 2.20. The molecule has 0 aliphatic heterocycles.